The van der Waals surface area contributed by atoms with Gasteiger partial charge in [0.15, 0.2) is 5.11 Å². The number of amides is 1. The molecule has 0 aliphatic heterocycles. The molecule has 120 valence electrons. The molecule has 0 aliphatic carbocycles. The number of thiocarbonyl (C=S) groups is 1. The van der Waals surface area contributed by atoms with Gasteiger partial charge in [0.05, 0.1) is 12.7 Å². The first kappa shape index (κ1) is 16.9. The first-order valence-electron chi connectivity index (χ1n) is 6.49. The van der Waals surface area contributed by atoms with Crippen LogP contribution in [-0.2, 0) is 0 Å². The van der Waals surface area contributed by atoms with Gasteiger partial charge in [-0.05, 0) is 42.5 Å². The predicted octanol–water partition coefficient (Wildman–Crippen LogP) is 2.69. The highest BCUT2D eigenvalue weighted by Gasteiger charge is 2.11. The van der Waals surface area contributed by atoms with E-state index in [1.165, 1.54) is 18.2 Å². The Kier molecular flexibility index (Phi) is 5.61. The molecule has 0 spiro atoms. The Balaban J connectivity index is 1.93. The summed E-state index contributed by atoms with van der Waals surface area (Å²) in [6, 6.07) is 11.3. The number of phenolic OH excluding ortho intramolecular Hbond substituents is 1. The molecule has 0 unspecified atom stereocenters. The molecule has 2 aromatic carbocycles. The summed E-state index contributed by atoms with van der Waals surface area (Å²) in [6.45, 7) is 0. The molecule has 2 aromatic rings. The van der Waals surface area contributed by atoms with Gasteiger partial charge in [-0.15, -0.1) is 0 Å². The molecule has 0 radical (unpaired) electrons. The number of methoxy groups -OCH3 is 1. The SMILES string of the molecule is COc1cccc(NC(=S)NNC(=O)c2cc(Cl)ccc2O)c1. The fourth-order valence-corrected chi connectivity index (χ4v) is 2.08. The molecule has 0 atom stereocenters. The van der Waals surface area contributed by atoms with E-state index < -0.39 is 5.91 Å². The third kappa shape index (κ3) is 4.73. The molecular weight excluding hydrogens is 338 g/mol. The zero-order chi connectivity index (χ0) is 16.8. The number of hydrogen-bond donors (Lipinski definition) is 4. The summed E-state index contributed by atoms with van der Waals surface area (Å²) in [7, 11) is 1.56. The number of benzene rings is 2. The van der Waals surface area contributed by atoms with Gasteiger partial charge >= 0.3 is 0 Å². The number of hydrogen-bond acceptors (Lipinski definition) is 4. The summed E-state index contributed by atoms with van der Waals surface area (Å²) in [4.78, 5) is 12.0. The van der Waals surface area contributed by atoms with Gasteiger partial charge in [-0.1, -0.05) is 17.7 Å². The maximum absolute atomic E-state index is 12.0. The van der Waals surface area contributed by atoms with Crippen molar-refractivity contribution in [2.75, 3.05) is 12.4 Å². The first-order chi connectivity index (χ1) is 11.0. The smallest absolute Gasteiger partial charge is 0.273 e. The van der Waals surface area contributed by atoms with Gasteiger partial charge in [-0.3, -0.25) is 15.6 Å². The van der Waals surface area contributed by atoms with Gasteiger partial charge in [-0.2, -0.15) is 0 Å². The van der Waals surface area contributed by atoms with Crippen LogP contribution in [0.1, 0.15) is 10.4 Å². The van der Waals surface area contributed by atoms with Crippen molar-refractivity contribution in [3.05, 3.63) is 53.1 Å². The maximum atomic E-state index is 12.0. The average molecular weight is 352 g/mol. The van der Waals surface area contributed by atoms with Crippen LogP contribution in [0, 0.1) is 0 Å². The Bertz CT molecular complexity index is 740. The summed E-state index contributed by atoms with van der Waals surface area (Å²) < 4.78 is 5.10. The summed E-state index contributed by atoms with van der Waals surface area (Å²) in [5.74, 6) is -0.0779. The van der Waals surface area contributed by atoms with Crippen LogP contribution in [0.15, 0.2) is 42.5 Å². The lowest BCUT2D eigenvalue weighted by Gasteiger charge is -2.12. The maximum Gasteiger partial charge on any atom is 0.273 e. The van der Waals surface area contributed by atoms with Crippen molar-refractivity contribution in [2.24, 2.45) is 0 Å². The van der Waals surface area contributed by atoms with E-state index in [1.54, 1.807) is 31.4 Å². The first-order valence-corrected chi connectivity index (χ1v) is 7.28. The van der Waals surface area contributed by atoms with E-state index in [0.29, 0.717) is 16.5 Å². The number of aromatic hydroxyl groups is 1. The molecule has 0 saturated heterocycles. The second-order valence-electron chi connectivity index (χ2n) is 4.43. The third-order valence-corrected chi connectivity index (χ3v) is 3.26. The molecule has 0 saturated carbocycles. The van der Waals surface area contributed by atoms with E-state index in [0.717, 1.165) is 0 Å². The van der Waals surface area contributed by atoms with Crippen molar-refractivity contribution in [2.45, 2.75) is 0 Å². The molecular formula is C15H14ClN3O3S. The van der Waals surface area contributed by atoms with Crippen molar-refractivity contribution >= 4 is 40.5 Å². The Labute approximate surface area is 143 Å². The minimum Gasteiger partial charge on any atom is -0.507 e. The van der Waals surface area contributed by atoms with Crippen molar-refractivity contribution in [3.63, 3.8) is 0 Å². The van der Waals surface area contributed by atoms with Gasteiger partial charge in [0.25, 0.3) is 5.91 Å². The van der Waals surface area contributed by atoms with Crippen molar-refractivity contribution < 1.29 is 14.6 Å². The van der Waals surface area contributed by atoms with E-state index in [1.807, 2.05) is 0 Å². The summed E-state index contributed by atoms with van der Waals surface area (Å²) in [5.41, 5.74) is 5.64. The largest absolute Gasteiger partial charge is 0.507 e. The van der Waals surface area contributed by atoms with Gasteiger partial charge in [-0.25, -0.2) is 0 Å². The average Bonchev–Trinajstić information content (AvgIpc) is 2.55. The van der Waals surface area contributed by atoms with Gasteiger partial charge in [0, 0.05) is 16.8 Å². The number of nitrogens with one attached hydrogen (secondary N) is 3. The molecule has 4 N–H and O–H groups in total. The van der Waals surface area contributed by atoms with Crippen LogP contribution in [0.2, 0.25) is 5.02 Å². The number of carbonyl (C=O) groups is 1. The Hall–Kier alpha value is -2.51. The third-order valence-electron chi connectivity index (χ3n) is 2.82. The molecule has 2 rings (SSSR count). The van der Waals surface area contributed by atoms with E-state index in [2.05, 4.69) is 16.2 Å². The minimum atomic E-state index is -0.570. The number of ether oxygens (including phenoxy) is 1. The normalized spacial score (nSPS) is 9.83. The predicted molar refractivity (Wildman–Crippen MR) is 92.9 cm³/mol. The fraction of sp³-hybridized carbons (Fsp3) is 0.0667. The highest BCUT2D eigenvalue weighted by atomic mass is 35.5. The van der Waals surface area contributed by atoms with Gasteiger partial charge < -0.3 is 15.2 Å². The van der Waals surface area contributed by atoms with E-state index in [4.69, 9.17) is 28.6 Å². The molecule has 0 aromatic heterocycles. The molecule has 0 fully saturated rings. The Morgan fingerprint density at radius 2 is 2.00 bits per heavy atom. The summed E-state index contributed by atoms with van der Waals surface area (Å²) in [5, 5.41) is 13.1. The second-order valence-corrected chi connectivity index (χ2v) is 5.27. The zero-order valence-electron chi connectivity index (χ0n) is 12.1. The highest BCUT2D eigenvalue weighted by Crippen LogP contribution is 2.21. The van der Waals surface area contributed by atoms with Crippen molar-refractivity contribution in [3.8, 4) is 11.5 Å². The molecule has 23 heavy (non-hydrogen) atoms. The van der Waals surface area contributed by atoms with Crippen molar-refractivity contribution in [1.29, 1.82) is 0 Å². The topological polar surface area (TPSA) is 82.6 Å². The van der Waals surface area contributed by atoms with Gasteiger partial charge in [0.1, 0.15) is 11.5 Å². The number of phenols is 1. The molecule has 0 bridgehead atoms. The van der Waals surface area contributed by atoms with Crippen LogP contribution in [0.4, 0.5) is 5.69 Å². The number of hydrazine groups is 1. The molecule has 1 amide bonds. The quantitative estimate of drug-likeness (QED) is 0.503. The highest BCUT2D eigenvalue weighted by molar-refractivity contribution is 7.80. The number of rotatable bonds is 3. The molecule has 0 heterocycles. The Morgan fingerprint density at radius 1 is 1.22 bits per heavy atom. The van der Waals surface area contributed by atoms with Gasteiger partial charge in [0.2, 0.25) is 0 Å². The Morgan fingerprint density at radius 3 is 2.74 bits per heavy atom. The van der Waals surface area contributed by atoms with Crippen LogP contribution in [-0.4, -0.2) is 23.2 Å². The zero-order valence-corrected chi connectivity index (χ0v) is 13.7. The summed E-state index contributed by atoms with van der Waals surface area (Å²) >= 11 is 10.9. The van der Waals surface area contributed by atoms with E-state index in [-0.39, 0.29) is 16.4 Å². The van der Waals surface area contributed by atoms with Crippen LogP contribution in [0.5, 0.6) is 11.5 Å². The lowest BCUT2D eigenvalue weighted by atomic mass is 10.2. The van der Waals surface area contributed by atoms with Crippen LogP contribution in [0.25, 0.3) is 0 Å². The minimum absolute atomic E-state index is 0.0363. The number of halogens is 1. The lowest BCUT2D eigenvalue weighted by Crippen LogP contribution is -2.43. The van der Waals surface area contributed by atoms with Crippen LogP contribution >= 0.6 is 23.8 Å². The van der Waals surface area contributed by atoms with E-state index in [9.17, 15) is 9.90 Å². The monoisotopic (exact) mass is 351 g/mol. The summed E-state index contributed by atoms with van der Waals surface area (Å²) in [6.07, 6.45) is 0. The van der Waals surface area contributed by atoms with E-state index >= 15 is 0 Å². The van der Waals surface area contributed by atoms with Crippen molar-refractivity contribution in [1.82, 2.24) is 10.9 Å². The lowest BCUT2D eigenvalue weighted by molar-refractivity contribution is 0.0941. The molecule has 6 nitrogen and oxygen atoms in total. The second kappa shape index (κ2) is 7.66. The molecule has 0 aliphatic rings. The number of anilines is 1. The van der Waals surface area contributed by atoms with Crippen LogP contribution < -0.4 is 20.9 Å². The number of carbonyl (C=O) groups excluding carboxylic acids is 1. The molecule has 8 heteroatoms. The van der Waals surface area contributed by atoms with Crippen LogP contribution in [0.3, 0.4) is 0 Å². The standard InChI is InChI=1S/C15H14ClN3O3S/c1-22-11-4-2-3-10(8-11)17-15(23)19-18-14(21)12-7-9(16)5-6-13(12)20/h2-8,20H,1H3,(H,18,21)(H2,17,19,23). The fourth-order valence-electron chi connectivity index (χ4n) is 1.73.